The maximum absolute atomic E-state index is 10.6. The summed E-state index contributed by atoms with van der Waals surface area (Å²) in [6.45, 7) is 5.25. The molecule has 1 aliphatic rings. The van der Waals surface area contributed by atoms with Crippen LogP contribution in [0.2, 0.25) is 0 Å². The number of para-hydroxylation sites is 1. The number of alkyl halides is 6. The summed E-state index contributed by atoms with van der Waals surface area (Å²) in [5.41, 5.74) is 4.36. The molecule has 18 heteroatoms. The second-order valence-electron chi connectivity index (χ2n) is 9.55. The number of nitriles is 1. The monoisotopic (exact) mass is 730 g/mol. The molecular weight excluding hydrogens is 706 g/mol. The third kappa shape index (κ3) is 11.1. The van der Waals surface area contributed by atoms with Crippen LogP contribution in [0.5, 0.6) is 5.75 Å². The van der Waals surface area contributed by atoms with Crippen molar-refractivity contribution >= 4 is 44.7 Å². The van der Waals surface area contributed by atoms with E-state index < -0.39 is 24.3 Å². The van der Waals surface area contributed by atoms with Gasteiger partial charge in [0, 0.05) is 49.0 Å². The Balaban J connectivity index is 0.000000360. The number of nitrogens with one attached hydrogen (secondary N) is 1. The lowest BCUT2D eigenvalue weighted by molar-refractivity contribution is -0.193. The van der Waals surface area contributed by atoms with Crippen molar-refractivity contribution in [2.24, 2.45) is 0 Å². The van der Waals surface area contributed by atoms with E-state index >= 15 is 0 Å². The quantitative estimate of drug-likeness (QED) is 0.210. The number of ether oxygens (including phenoxy) is 1. The maximum Gasteiger partial charge on any atom is 0.490 e. The van der Waals surface area contributed by atoms with Crippen molar-refractivity contribution in [3.05, 3.63) is 70.8 Å². The van der Waals surface area contributed by atoms with E-state index in [1.165, 1.54) is 0 Å². The second-order valence-corrected chi connectivity index (χ2v) is 10.5. The molecule has 3 N–H and O–H groups in total. The van der Waals surface area contributed by atoms with E-state index in [1.807, 2.05) is 54.6 Å². The average Bonchev–Trinajstić information content (AvgIpc) is 3.45. The molecule has 47 heavy (non-hydrogen) atoms. The Morgan fingerprint density at radius 1 is 0.957 bits per heavy atom. The lowest BCUT2D eigenvalue weighted by Gasteiger charge is -2.36. The van der Waals surface area contributed by atoms with Gasteiger partial charge in [0.15, 0.2) is 5.65 Å². The van der Waals surface area contributed by atoms with E-state index in [4.69, 9.17) is 24.5 Å². The molecular formula is C29H25BrF6N6O5. The van der Waals surface area contributed by atoms with Gasteiger partial charge in [-0.1, -0.05) is 12.1 Å². The highest BCUT2D eigenvalue weighted by molar-refractivity contribution is 9.10. The van der Waals surface area contributed by atoms with Crippen LogP contribution in [-0.4, -0.2) is 93.7 Å². The van der Waals surface area contributed by atoms with Crippen LogP contribution >= 0.6 is 15.9 Å². The van der Waals surface area contributed by atoms with Gasteiger partial charge in [0.2, 0.25) is 0 Å². The summed E-state index contributed by atoms with van der Waals surface area (Å²) >= 11 is 3.44. The number of imidazole rings is 1. The number of halogens is 7. The SMILES string of the molecule is N#Cc1ccccc1N1CCN(CCOc2ccc(-c3nc4ncc(Br)cc4[nH]3)cc2)CC1.O=C(O)C(F)(F)F.O=C(O)C(F)(F)F. The van der Waals surface area contributed by atoms with Gasteiger partial charge in [-0.05, 0) is 58.4 Å². The largest absolute Gasteiger partial charge is 0.492 e. The van der Waals surface area contributed by atoms with Crippen LogP contribution in [0.3, 0.4) is 0 Å². The predicted octanol–water partition coefficient (Wildman–Crippen LogP) is 5.73. The van der Waals surface area contributed by atoms with Gasteiger partial charge in [-0.25, -0.2) is 19.6 Å². The van der Waals surface area contributed by atoms with Gasteiger partial charge < -0.3 is 24.8 Å². The Morgan fingerprint density at radius 2 is 1.53 bits per heavy atom. The fourth-order valence-electron chi connectivity index (χ4n) is 4.07. The van der Waals surface area contributed by atoms with E-state index in [9.17, 15) is 31.6 Å². The van der Waals surface area contributed by atoms with Crippen molar-refractivity contribution in [1.82, 2.24) is 19.9 Å². The number of hydrogen-bond acceptors (Lipinski definition) is 8. The molecule has 0 spiro atoms. The van der Waals surface area contributed by atoms with Gasteiger partial charge in [0.05, 0.1) is 16.8 Å². The first-order valence-electron chi connectivity index (χ1n) is 13.4. The molecule has 2 aromatic carbocycles. The molecule has 4 aromatic rings. The van der Waals surface area contributed by atoms with Gasteiger partial charge in [-0.2, -0.15) is 31.6 Å². The number of aliphatic carboxylic acids is 2. The number of carboxylic acids is 2. The number of hydrogen-bond donors (Lipinski definition) is 3. The molecule has 2 aromatic heterocycles. The first-order valence-corrected chi connectivity index (χ1v) is 14.2. The Morgan fingerprint density at radius 3 is 2.09 bits per heavy atom. The van der Waals surface area contributed by atoms with Crippen LogP contribution in [0.25, 0.3) is 22.6 Å². The van der Waals surface area contributed by atoms with Gasteiger partial charge in [0.1, 0.15) is 24.3 Å². The predicted molar refractivity (Wildman–Crippen MR) is 160 cm³/mol. The van der Waals surface area contributed by atoms with E-state index in [-0.39, 0.29) is 0 Å². The Hall–Kier alpha value is -4.89. The maximum atomic E-state index is 10.6. The standard InChI is InChI=1S/C25H23BrN6O.2C2HF3O2/c26-20-15-22-25(28-17-20)30-24(29-22)18-5-7-21(8-6-18)33-14-13-31-9-11-32(12-10-31)23-4-2-1-3-19(23)16-27;2*3-2(4,5)1(6)7/h1-8,15,17H,9-14H2,(H,28,29,30);2*(H,6,7). The number of anilines is 1. The van der Waals surface area contributed by atoms with Crippen molar-refractivity contribution in [3.63, 3.8) is 0 Å². The number of benzene rings is 2. The number of pyridine rings is 1. The summed E-state index contributed by atoms with van der Waals surface area (Å²) in [6, 6.07) is 20.0. The van der Waals surface area contributed by atoms with Gasteiger partial charge >= 0.3 is 24.3 Å². The highest BCUT2D eigenvalue weighted by Gasteiger charge is 2.38. The van der Waals surface area contributed by atoms with Crippen LogP contribution < -0.4 is 9.64 Å². The molecule has 250 valence electrons. The van der Waals surface area contributed by atoms with E-state index in [0.717, 1.165) is 71.1 Å². The number of aromatic amines is 1. The molecule has 0 atom stereocenters. The van der Waals surface area contributed by atoms with Gasteiger partial charge in [-0.3, -0.25) is 4.90 Å². The molecule has 0 saturated carbocycles. The highest BCUT2D eigenvalue weighted by Crippen LogP contribution is 2.24. The molecule has 3 heterocycles. The zero-order chi connectivity index (χ0) is 34.8. The highest BCUT2D eigenvalue weighted by atomic mass is 79.9. The zero-order valence-corrected chi connectivity index (χ0v) is 25.6. The van der Waals surface area contributed by atoms with Crippen LogP contribution in [0.15, 0.2) is 65.3 Å². The minimum Gasteiger partial charge on any atom is -0.492 e. The summed E-state index contributed by atoms with van der Waals surface area (Å²) in [6.07, 6.45) is -8.42. The number of piperazine rings is 1. The van der Waals surface area contributed by atoms with Gasteiger partial charge in [-0.15, -0.1) is 0 Å². The summed E-state index contributed by atoms with van der Waals surface area (Å²) in [7, 11) is 0. The van der Waals surface area contributed by atoms with Crippen LogP contribution in [0, 0.1) is 11.3 Å². The molecule has 0 amide bonds. The average molecular weight is 731 g/mol. The number of fused-ring (bicyclic) bond motifs is 1. The number of carbonyl (C=O) groups is 2. The number of aromatic nitrogens is 3. The molecule has 1 aliphatic heterocycles. The number of nitrogens with zero attached hydrogens (tertiary/aromatic N) is 5. The van der Waals surface area contributed by atoms with Crippen molar-refractivity contribution in [1.29, 1.82) is 5.26 Å². The first-order chi connectivity index (χ1) is 22.1. The molecule has 5 rings (SSSR count). The van der Waals surface area contributed by atoms with Gasteiger partial charge in [0.25, 0.3) is 0 Å². The summed E-state index contributed by atoms with van der Waals surface area (Å²) in [4.78, 5) is 34.7. The molecule has 0 bridgehead atoms. The van der Waals surface area contributed by atoms with Crippen molar-refractivity contribution < 1.29 is 50.9 Å². The summed E-state index contributed by atoms with van der Waals surface area (Å²) < 4.78 is 70.4. The van der Waals surface area contributed by atoms with Crippen LogP contribution in [-0.2, 0) is 9.59 Å². The molecule has 11 nitrogen and oxygen atoms in total. The zero-order valence-electron chi connectivity index (χ0n) is 24.0. The fraction of sp³-hybridized carbons (Fsp3) is 0.276. The third-order valence-electron chi connectivity index (χ3n) is 6.33. The molecule has 0 unspecified atom stereocenters. The minimum absolute atomic E-state index is 0.636. The van der Waals surface area contributed by atoms with E-state index in [0.29, 0.717) is 12.3 Å². The lowest BCUT2D eigenvalue weighted by Crippen LogP contribution is -2.47. The second kappa shape index (κ2) is 16.1. The number of carboxylic acid groups (broad SMARTS) is 2. The Bertz CT molecular complexity index is 1680. The van der Waals surface area contributed by atoms with Crippen molar-refractivity contribution in [2.75, 3.05) is 44.2 Å². The summed E-state index contributed by atoms with van der Waals surface area (Å²) in [5, 5.41) is 23.6. The molecule has 1 saturated heterocycles. The topological polar surface area (TPSA) is 156 Å². The number of rotatable bonds is 6. The van der Waals surface area contributed by atoms with Crippen LogP contribution in [0.1, 0.15) is 5.56 Å². The minimum atomic E-state index is -5.08. The third-order valence-corrected chi connectivity index (χ3v) is 6.76. The fourth-order valence-corrected chi connectivity index (χ4v) is 4.40. The van der Waals surface area contributed by atoms with Crippen LogP contribution in [0.4, 0.5) is 32.0 Å². The smallest absolute Gasteiger partial charge is 0.490 e. The lowest BCUT2D eigenvalue weighted by atomic mass is 10.1. The van der Waals surface area contributed by atoms with Crippen molar-refractivity contribution in [2.45, 2.75) is 12.4 Å². The number of H-pyrrole nitrogens is 1. The van der Waals surface area contributed by atoms with E-state index in [2.05, 4.69) is 46.8 Å². The normalized spacial score (nSPS) is 13.4. The van der Waals surface area contributed by atoms with Crippen molar-refractivity contribution in [3.8, 4) is 23.2 Å². The van der Waals surface area contributed by atoms with E-state index in [1.54, 1.807) is 6.20 Å². The first kappa shape index (κ1) is 36.6. The molecule has 0 radical (unpaired) electrons. The Labute approximate surface area is 271 Å². The summed E-state index contributed by atoms with van der Waals surface area (Å²) in [5.74, 6) is -3.88. The molecule has 0 aliphatic carbocycles. The Kier molecular flexibility index (Phi) is 12.5. The molecule has 1 fully saturated rings.